The molecular weight excluding hydrogens is 746 g/mol. The molecule has 2 aliphatic carbocycles. The van der Waals surface area contributed by atoms with E-state index in [1.165, 1.54) is 24.1 Å². The summed E-state index contributed by atoms with van der Waals surface area (Å²) >= 11 is 8.04. The van der Waals surface area contributed by atoms with Crippen LogP contribution in [0.1, 0.15) is 56.9 Å². The third-order valence-electron chi connectivity index (χ3n) is 10.4. The summed E-state index contributed by atoms with van der Waals surface area (Å²) in [6.45, 7) is 1.91. The van der Waals surface area contributed by atoms with Gasteiger partial charge in [0.15, 0.2) is 11.5 Å². The summed E-state index contributed by atoms with van der Waals surface area (Å²) in [6, 6.07) is 7.04. The number of carboxylic acids is 1. The van der Waals surface area contributed by atoms with E-state index in [2.05, 4.69) is 0 Å². The fourth-order valence-corrected chi connectivity index (χ4v) is 8.99. The van der Waals surface area contributed by atoms with Crippen molar-refractivity contribution in [1.82, 2.24) is 4.90 Å². The number of methoxy groups -OCH3 is 1. The van der Waals surface area contributed by atoms with Crippen LogP contribution in [-0.4, -0.2) is 58.4 Å². The van der Waals surface area contributed by atoms with Crippen LogP contribution in [0.3, 0.4) is 0 Å². The summed E-state index contributed by atoms with van der Waals surface area (Å²) < 4.78 is 20.0. The van der Waals surface area contributed by atoms with Gasteiger partial charge in [-0.25, -0.2) is 9.29 Å². The molecule has 2 aromatic carbocycles. The number of imide groups is 2. The number of halogens is 3. The van der Waals surface area contributed by atoms with E-state index in [-0.39, 0.29) is 59.8 Å². The number of aliphatic carboxylic acids is 1. The Hall–Kier alpha value is -3.52. The number of likely N-dealkylation sites (tertiary alicyclic amines) is 1. The number of phenols is 1. The molecule has 4 aliphatic rings. The molecule has 0 aromatic heterocycles. The number of hydrogen-bond donors (Lipinski definition) is 2. The first-order valence-electron chi connectivity index (χ1n) is 15.5. The lowest BCUT2D eigenvalue weighted by molar-refractivity contribution is -0.141. The zero-order valence-electron chi connectivity index (χ0n) is 25.7. The van der Waals surface area contributed by atoms with Gasteiger partial charge in [-0.1, -0.05) is 29.7 Å². The molecule has 10 nitrogen and oxygen atoms in total. The van der Waals surface area contributed by atoms with Crippen LogP contribution in [0.5, 0.6) is 11.5 Å². The standard InChI is InChI=1S/C34H33ClFIN2O8/c1-34-21(31(44)39(33(34)46)17-7-10-23(36)22(35)14-17)15-20-18(28(34)16-12-24(37)29(42)25(13-16)47-2)8-9-19-27(20)32(45)38(30(19)43)11-5-3-4-6-26(40)41/h7-8,10,12-14,19-21,27-28,42H,3-6,9,11,15H2,1-2H3,(H,40,41)/t19-,20+,21-,27-,28-,34+/m0/s1. The van der Waals surface area contributed by atoms with Gasteiger partial charge in [0.05, 0.1) is 44.6 Å². The third kappa shape index (κ3) is 5.31. The van der Waals surface area contributed by atoms with Gasteiger partial charge in [0.2, 0.25) is 23.6 Å². The molecule has 2 aromatic rings. The van der Waals surface area contributed by atoms with Crippen molar-refractivity contribution >= 4 is 69.5 Å². The van der Waals surface area contributed by atoms with Crippen molar-refractivity contribution in [3.05, 3.63) is 62.0 Å². The zero-order chi connectivity index (χ0) is 33.9. The van der Waals surface area contributed by atoms with Crippen LogP contribution in [0.4, 0.5) is 10.1 Å². The van der Waals surface area contributed by atoms with E-state index in [9.17, 15) is 33.5 Å². The van der Waals surface area contributed by atoms with Crippen LogP contribution in [0.2, 0.25) is 5.02 Å². The lowest BCUT2D eigenvalue weighted by Gasteiger charge is -2.49. The van der Waals surface area contributed by atoms with Crippen molar-refractivity contribution < 1.29 is 43.3 Å². The minimum absolute atomic E-state index is 0.0128. The van der Waals surface area contributed by atoms with Gasteiger partial charge < -0.3 is 14.9 Å². The number of fused-ring (bicyclic) bond motifs is 4. The van der Waals surface area contributed by atoms with Crippen LogP contribution in [0, 0.1) is 38.5 Å². The molecule has 2 saturated heterocycles. The molecule has 2 aliphatic heterocycles. The van der Waals surface area contributed by atoms with E-state index in [4.69, 9.17) is 21.4 Å². The van der Waals surface area contributed by atoms with Crippen LogP contribution >= 0.6 is 34.2 Å². The number of allylic oxidation sites excluding steroid dienone is 2. The maximum atomic E-state index is 14.5. The largest absolute Gasteiger partial charge is 0.504 e. The molecule has 6 rings (SSSR count). The van der Waals surface area contributed by atoms with Crippen molar-refractivity contribution in [3.8, 4) is 11.5 Å². The predicted octanol–water partition coefficient (Wildman–Crippen LogP) is 5.67. The summed E-state index contributed by atoms with van der Waals surface area (Å²) in [5.41, 5.74) is 0.180. The molecule has 1 saturated carbocycles. The number of benzene rings is 2. The number of phenolic OH excluding ortho intramolecular Hbond substituents is 1. The van der Waals surface area contributed by atoms with Crippen molar-refractivity contribution in [2.45, 2.75) is 51.4 Å². The van der Waals surface area contributed by atoms with Crippen molar-refractivity contribution in [2.75, 3.05) is 18.6 Å². The fraction of sp³-hybridized carbons (Fsp3) is 0.441. The monoisotopic (exact) mass is 778 g/mol. The Balaban J connectivity index is 1.42. The van der Waals surface area contributed by atoms with Crippen molar-refractivity contribution in [1.29, 1.82) is 0 Å². The lowest BCUT2D eigenvalue weighted by Crippen LogP contribution is -2.48. The summed E-state index contributed by atoms with van der Waals surface area (Å²) in [6.07, 6.45) is 3.84. The quantitative estimate of drug-likeness (QED) is 0.144. The number of hydrogen-bond acceptors (Lipinski definition) is 7. The molecule has 0 radical (unpaired) electrons. The number of unbranched alkanes of at least 4 members (excludes halogenated alkanes) is 2. The van der Waals surface area contributed by atoms with Gasteiger partial charge in [0.1, 0.15) is 5.82 Å². The molecule has 0 bridgehead atoms. The van der Waals surface area contributed by atoms with E-state index < -0.39 is 58.6 Å². The first-order chi connectivity index (χ1) is 22.3. The number of aromatic hydroxyl groups is 1. The summed E-state index contributed by atoms with van der Waals surface area (Å²) in [7, 11) is 1.41. The topological polar surface area (TPSA) is 142 Å². The Morgan fingerprint density at radius 1 is 1.09 bits per heavy atom. The van der Waals surface area contributed by atoms with Crippen molar-refractivity contribution in [3.63, 3.8) is 0 Å². The second kappa shape index (κ2) is 12.5. The molecule has 248 valence electrons. The van der Waals surface area contributed by atoms with Gasteiger partial charge >= 0.3 is 5.97 Å². The van der Waals surface area contributed by atoms with Gasteiger partial charge in [-0.2, -0.15) is 0 Å². The number of amides is 4. The molecule has 2 heterocycles. The average molecular weight is 779 g/mol. The molecule has 47 heavy (non-hydrogen) atoms. The number of nitrogens with zero attached hydrogens (tertiary/aromatic N) is 2. The Labute approximate surface area is 289 Å². The molecule has 6 atom stereocenters. The lowest BCUT2D eigenvalue weighted by atomic mass is 9.51. The fourth-order valence-electron chi connectivity index (χ4n) is 8.19. The number of ether oxygens (including phenoxy) is 1. The third-order valence-corrected chi connectivity index (χ3v) is 11.5. The van der Waals surface area contributed by atoms with Gasteiger partial charge in [-0.3, -0.25) is 28.9 Å². The van der Waals surface area contributed by atoms with Crippen LogP contribution in [0.15, 0.2) is 42.0 Å². The molecule has 4 amide bonds. The van der Waals surface area contributed by atoms with Gasteiger partial charge in [-0.15, -0.1) is 0 Å². The molecule has 0 spiro atoms. The number of carbonyl (C=O) groups is 5. The minimum Gasteiger partial charge on any atom is -0.504 e. The van der Waals surface area contributed by atoms with E-state index in [1.807, 2.05) is 28.7 Å². The molecule has 13 heteroatoms. The predicted molar refractivity (Wildman–Crippen MR) is 176 cm³/mol. The minimum atomic E-state index is -1.34. The second-order valence-electron chi connectivity index (χ2n) is 12.8. The Bertz CT molecular complexity index is 1750. The Morgan fingerprint density at radius 3 is 2.51 bits per heavy atom. The average Bonchev–Trinajstić information content (AvgIpc) is 3.39. The van der Waals surface area contributed by atoms with Crippen LogP contribution in [0.25, 0.3) is 0 Å². The highest BCUT2D eigenvalue weighted by molar-refractivity contribution is 14.1. The smallest absolute Gasteiger partial charge is 0.303 e. The summed E-state index contributed by atoms with van der Waals surface area (Å²) in [4.78, 5) is 69.6. The van der Waals surface area contributed by atoms with E-state index in [0.717, 1.165) is 16.5 Å². The molecule has 2 N–H and O–H groups in total. The number of rotatable bonds is 9. The van der Waals surface area contributed by atoms with Crippen molar-refractivity contribution in [2.24, 2.45) is 29.1 Å². The van der Waals surface area contributed by atoms with E-state index >= 15 is 0 Å². The number of carbonyl (C=O) groups excluding carboxylic acids is 4. The summed E-state index contributed by atoms with van der Waals surface area (Å²) in [5.74, 6) is -6.59. The normalized spacial score (nSPS) is 28.3. The molecule has 3 fully saturated rings. The van der Waals surface area contributed by atoms with E-state index in [0.29, 0.717) is 28.4 Å². The highest BCUT2D eigenvalue weighted by Gasteiger charge is 2.67. The SMILES string of the molecule is COc1cc([C@H]2C3=CC[C@@H]4C(=O)N(CCCCCC(=O)O)C(=O)[C@@H]4[C@@H]3C[C@H]3C(=O)N(c4ccc(F)c(Cl)c4)C(=O)[C@@]23C)cc(I)c1O. The Kier molecular flexibility index (Phi) is 8.88. The first kappa shape index (κ1) is 33.4. The zero-order valence-corrected chi connectivity index (χ0v) is 28.6. The highest BCUT2D eigenvalue weighted by atomic mass is 127. The highest BCUT2D eigenvalue weighted by Crippen LogP contribution is 2.64. The number of carboxylic acid groups (broad SMARTS) is 1. The van der Waals surface area contributed by atoms with Crippen LogP contribution in [-0.2, 0) is 24.0 Å². The molecule has 0 unspecified atom stereocenters. The van der Waals surface area contributed by atoms with Crippen LogP contribution < -0.4 is 9.64 Å². The first-order valence-corrected chi connectivity index (χ1v) is 16.9. The second-order valence-corrected chi connectivity index (χ2v) is 14.4. The van der Waals surface area contributed by atoms with Gasteiger partial charge in [-0.05, 0) is 97.0 Å². The molecular formula is C34H33ClFIN2O8. The Morgan fingerprint density at radius 2 is 1.83 bits per heavy atom. The summed E-state index contributed by atoms with van der Waals surface area (Å²) in [5, 5.41) is 19.3. The van der Waals surface area contributed by atoms with E-state index in [1.54, 1.807) is 19.1 Å². The van der Waals surface area contributed by atoms with Gasteiger partial charge in [0, 0.05) is 18.9 Å². The number of anilines is 1. The maximum absolute atomic E-state index is 14.5. The maximum Gasteiger partial charge on any atom is 0.303 e. The van der Waals surface area contributed by atoms with Gasteiger partial charge in [0.25, 0.3) is 0 Å².